The van der Waals surface area contributed by atoms with E-state index in [1.165, 1.54) is 0 Å². The van der Waals surface area contributed by atoms with Crippen LogP contribution in [0.1, 0.15) is 19.4 Å². The molecule has 1 aromatic heterocycles. The molecule has 4 bridgehead atoms. The summed E-state index contributed by atoms with van der Waals surface area (Å²) in [5.41, 5.74) is 4.18. The van der Waals surface area contributed by atoms with Crippen molar-refractivity contribution in [1.82, 2.24) is 0 Å². The molecule has 3 nitrogen and oxygen atoms in total. The van der Waals surface area contributed by atoms with E-state index in [-0.39, 0.29) is 11.5 Å². The molecule has 0 fully saturated rings. The molecule has 3 heteroatoms. The third-order valence-corrected chi connectivity index (χ3v) is 2.72. The first-order chi connectivity index (χ1) is 6.13. The zero-order chi connectivity index (χ0) is 9.33. The molecular formula is C10H8O3. The van der Waals surface area contributed by atoms with Crippen LogP contribution in [-0.2, 0) is 0 Å². The molecule has 1 aliphatic heterocycles. The normalized spacial score (nSPS) is 18.0. The number of hydrogen-bond acceptors (Lipinski definition) is 3. The van der Waals surface area contributed by atoms with Crippen LogP contribution in [0.2, 0.25) is 0 Å². The van der Waals surface area contributed by atoms with Gasteiger partial charge in [0.2, 0.25) is 0 Å². The molecule has 0 saturated carbocycles. The molecule has 2 N–H and O–H groups in total. The van der Waals surface area contributed by atoms with Gasteiger partial charge in [-0.3, -0.25) is 0 Å². The molecule has 0 saturated heterocycles. The van der Waals surface area contributed by atoms with Gasteiger partial charge in [0.25, 0.3) is 0 Å². The number of fused-ring (bicyclic) bond motifs is 1. The fourth-order valence-corrected chi connectivity index (χ4v) is 1.88. The molecule has 0 radical (unpaired) electrons. The maximum absolute atomic E-state index is 9.71. The fraction of sp³-hybridized carbons (Fsp3) is 0.200. The molecule has 4 rings (SSSR count). The number of aromatic hydroxyl groups is 1. The van der Waals surface area contributed by atoms with Crippen LogP contribution in [-0.4, -0.2) is 10.2 Å². The molecule has 0 amide bonds. The third kappa shape index (κ3) is 0.548. The lowest BCUT2D eigenvalue weighted by atomic mass is 10.1. The second-order valence-electron chi connectivity index (χ2n) is 3.46. The Morgan fingerprint density at radius 2 is 1.69 bits per heavy atom. The highest BCUT2D eigenvalue weighted by molar-refractivity contribution is 5.96. The van der Waals surface area contributed by atoms with Gasteiger partial charge in [0.1, 0.15) is 11.2 Å². The van der Waals surface area contributed by atoms with Gasteiger partial charge in [-0.1, -0.05) is 0 Å². The van der Waals surface area contributed by atoms with Crippen LogP contribution in [0.4, 0.5) is 0 Å². The number of rotatable bonds is 0. The van der Waals surface area contributed by atoms with Crippen LogP contribution in [0.25, 0.3) is 11.1 Å². The summed E-state index contributed by atoms with van der Waals surface area (Å²) in [5.74, 6) is 0.393. The average molecular weight is 176 g/mol. The maximum Gasteiger partial charge on any atom is 0.176 e. The van der Waals surface area contributed by atoms with Gasteiger partial charge >= 0.3 is 0 Å². The number of aliphatic hydroxyl groups is 1. The van der Waals surface area contributed by atoms with Gasteiger partial charge in [-0.15, -0.1) is 0 Å². The molecule has 66 valence electrons. The summed E-state index contributed by atoms with van der Waals surface area (Å²) in [5, 5.41) is 19.3. The summed E-state index contributed by atoms with van der Waals surface area (Å²) < 4.78 is 5.36. The molecule has 2 heterocycles. The van der Waals surface area contributed by atoms with E-state index in [1.54, 1.807) is 6.92 Å². The van der Waals surface area contributed by atoms with Gasteiger partial charge in [0.15, 0.2) is 11.2 Å². The summed E-state index contributed by atoms with van der Waals surface area (Å²) >= 11 is 0. The van der Waals surface area contributed by atoms with Gasteiger partial charge in [0.05, 0.1) is 5.56 Å². The van der Waals surface area contributed by atoms with E-state index in [9.17, 15) is 10.2 Å². The van der Waals surface area contributed by atoms with Crippen molar-refractivity contribution >= 4 is 11.1 Å². The van der Waals surface area contributed by atoms with Crippen LogP contribution in [0.3, 0.4) is 0 Å². The highest BCUT2D eigenvalue weighted by Gasteiger charge is 2.36. The fourth-order valence-electron chi connectivity index (χ4n) is 1.88. The SMILES string of the molecule is CC1=C(O)C(C)=c2oc3c(c2O)C=31. The highest BCUT2D eigenvalue weighted by atomic mass is 16.4. The Morgan fingerprint density at radius 3 is 2.23 bits per heavy atom. The van der Waals surface area contributed by atoms with E-state index in [0.717, 1.165) is 22.1 Å². The first-order valence-electron chi connectivity index (χ1n) is 4.11. The van der Waals surface area contributed by atoms with Crippen molar-refractivity contribution in [3.8, 4) is 5.75 Å². The van der Waals surface area contributed by atoms with Crippen LogP contribution >= 0.6 is 0 Å². The van der Waals surface area contributed by atoms with Crippen LogP contribution in [0, 0.1) is 0 Å². The van der Waals surface area contributed by atoms with Gasteiger partial charge in [0, 0.05) is 16.7 Å². The van der Waals surface area contributed by atoms with Gasteiger partial charge < -0.3 is 14.6 Å². The summed E-state index contributed by atoms with van der Waals surface area (Å²) in [6.07, 6.45) is 0. The van der Waals surface area contributed by atoms with Crippen molar-refractivity contribution in [2.45, 2.75) is 13.8 Å². The third-order valence-electron chi connectivity index (χ3n) is 2.72. The molecular weight excluding hydrogens is 168 g/mol. The van der Waals surface area contributed by atoms with E-state index in [2.05, 4.69) is 0 Å². The van der Waals surface area contributed by atoms with Crippen molar-refractivity contribution in [1.29, 1.82) is 0 Å². The smallest absolute Gasteiger partial charge is 0.176 e. The van der Waals surface area contributed by atoms with Crippen molar-refractivity contribution in [2.24, 2.45) is 0 Å². The predicted molar refractivity (Wildman–Crippen MR) is 46.5 cm³/mol. The van der Waals surface area contributed by atoms with E-state index in [4.69, 9.17) is 4.42 Å². The Labute approximate surface area is 73.9 Å². The number of allylic oxidation sites excluding steroid dienone is 2. The second kappa shape index (κ2) is 1.66. The molecule has 0 aromatic carbocycles. The zero-order valence-electron chi connectivity index (χ0n) is 7.30. The number of aliphatic hydroxyl groups excluding tert-OH is 1. The Bertz CT molecular complexity index is 584. The lowest BCUT2D eigenvalue weighted by Crippen LogP contribution is -2.03. The summed E-state index contributed by atoms with van der Waals surface area (Å²) in [6, 6.07) is 0. The summed E-state index contributed by atoms with van der Waals surface area (Å²) in [6.45, 7) is 3.56. The minimum atomic E-state index is 0.172. The second-order valence-corrected chi connectivity index (χ2v) is 3.46. The zero-order valence-corrected chi connectivity index (χ0v) is 7.30. The Balaban J connectivity index is 2.57. The van der Waals surface area contributed by atoms with Crippen LogP contribution < -0.4 is 10.8 Å². The first kappa shape index (κ1) is 6.83. The van der Waals surface area contributed by atoms with Crippen LogP contribution in [0.5, 0.6) is 5.75 Å². The lowest BCUT2D eigenvalue weighted by molar-refractivity contribution is 0.417. The van der Waals surface area contributed by atoms with Crippen molar-refractivity contribution in [3.63, 3.8) is 0 Å². The number of hydrogen-bond donors (Lipinski definition) is 2. The minimum absolute atomic E-state index is 0.172. The summed E-state index contributed by atoms with van der Waals surface area (Å²) in [4.78, 5) is 0. The molecule has 2 aliphatic carbocycles. The Morgan fingerprint density at radius 1 is 1.00 bits per heavy atom. The molecule has 13 heavy (non-hydrogen) atoms. The molecule has 3 aliphatic rings. The van der Waals surface area contributed by atoms with E-state index in [0.29, 0.717) is 11.0 Å². The Hall–Kier alpha value is -1.64. The standard InChI is InChI=1S/C10H8O3/c1-3-5-6-8(12)9(13-10(5)6)4(2)7(3)11/h11-12H,1-2H3. The van der Waals surface area contributed by atoms with E-state index < -0.39 is 0 Å². The van der Waals surface area contributed by atoms with E-state index >= 15 is 0 Å². The largest absolute Gasteiger partial charge is 0.507 e. The average Bonchev–Trinajstić information content (AvgIpc) is 2.76. The monoisotopic (exact) mass is 176 g/mol. The lowest BCUT2D eigenvalue weighted by Gasteiger charge is -1.98. The van der Waals surface area contributed by atoms with Crippen LogP contribution in [0.15, 0.2) is 15.7 Å². The first-order valence-corrected chi connectivity index (χ1v) is 4.11. The predicted octanol–water partition coefficient (Wildman–Crippen LogP) is 0.514. The summed E-state index contributed by atoms with van der Waals surface area (Å²) in [7, 11) is 0. The van der Waals surface area contributed by atoms with Gasteiger partial charge in [-0.25, -0.2) is 0 Å². The van der Waals surface area contributed by atoms with E-state index in [1.807, 2.05) is 6.92 Å². The van der Waals surface area contributed by atoms with Crippen molar-refractivity contribution < 1.29 is 14.6 Å². The molecule has 0 unspecified atom stereocenters. The van der Waals surface area contributed by atoms with Gasteiger partial charge in [-0.05, 0) is 13.8 Å². The molecule has 0 spiro atoms. The highest BCUT2D eigenvalue weighted by Crippen LogP contribution is 2.38. The van der Waals surface area contributed by atoms with Gasteiger partial charge in [-0.2, -0.15) is 0 Å². The quantitative estimate of drug-likeness (QED) is 0.605. The van der Waals surface area contributed by atoms with Crippen molar-refractivity contribution in [3.05, 3.63) is 27.7 Å². The van der Waals surface area contributed by atoms with Crippen molar-refractivity contribution in [2.75, 3.05) is 0 Å². The topological polar surface area (TPSA) is 53.6 Å². The minimum Gasteiger partial charge on any atom is -0.507 e. The molecule has 0 atom stereocenters. The number of furan rings is 1. The maximum atomic E-state index is 9.71. The Kier molecular flexibility index (Phi) is 0.874. The molecule has 1 aromatic rings.